The second-order valence-corrected chi connectivity index (χ2v) is 6.45. The minimum atomic E-state index is 0.136. The summed E-state index contributed by atoms with van der Waals surface area (Å²) in [4.78, 5) is 8.18. The summed E-state index contributed by atoms with van der Waals surface area (Å²) in [6.07, 6.45) is 5.07. The number of hydrogen-bond donors (Lipinski definition) is 1. The van der Waals surface area contributed by atoms with Gasteiger partial charge in [0.2, 0.25) is 0 Å². The summed E-state index contributed by atoms with van der Waals surface area (Å²) in [5.41, 5.74) is 7.24. The van der Waals surface area contributed by atoms with Crippen LogP contribution in [0.1, 0.15) is 25.5 Å². The zero-order valence-corrected chi connectivity index (χ0v) is 12.9. The lowest BCUT2D eigenvalue weighted by Crippen LogP contribution is -2.37. The molecule has 0 aromatic carbocycles. The van der Waals surface area contributed by atoms with Crippen molar-refractivity contribution in [3.63, 3.8) is 0 Å². The third kappa shape index (κ3) is 2.55. The molecule has 3 heterocycles. The minimum Gasteiger partial charge on any atom is -0.381 e. The lowest BCUT2D eigenvalue weighted by molar-refractivity contribution is 0.0853. The zero-order chi connectivity index (χ0) is 14.1. The van der Waals surface area contributed by atoms with E-state index >= 15 is 0 Å². The highest BCUT2D eigenvalue weighted by Gasteiger charge is 2.24. The first-order valence-corrected chi connectivity index (χ1v) is 8.05. The smallest absolute Gasteiger partial charge is 0.195 e. The molecule has 6 heteroatoms. The van der Waals surface area contributed by atoms with Gasteiger partial charge in [0, 0.05) is 50.3 Å². The summed E-state index contributed by atoms with van der Waals surface area (Å²) in [5, 5.41) is 2.07. The Kier molecular flexibility index (Phi) is 3.96. The average molecular weight is 294 g/mol. The van der Waals surface area contributed by atoms with Crippen LogP contribution in [-0.4, -0.2) is 41.7 Å². The Morgan fingerprint density at radius 1 is 1.55 bits per heavy atom. The molecule has 5 nitrogen and oxygen atoms in total. The number of rotatable bonds is 4. The average Bonchev–Trinajstić information content (AvgIpc) is 3.01. The molecular formula is C14H22N4OS. The van der Waals surface area contributed by atoms with Gasteiger partial charge < -0.3 is 15.4 Å². The fraction of sp³-hybridized carbons (Fsp3) is 0.643. The third-order valence-electron chi connectivity index (χ3n) is 3.93. The Morgan fingerprint density at radius 2 is 2.30 bits per heavy atom. The van der Waals surface area contributed by atoms with E-state index in [1.165, 1.54) is 5.69 Å². The first-order valence-electron chi connectivity index (χ1n) is 7.17. The van der Waals surface area contributed by atoms with Crippen LogP contribution in [0.25, 0.3) is 4.96 Å². The molecule has 3 rings (SSSR count). The van der Waals surface area contributed by atoms with Gasteiger partial charge in [-0.3, -0.25) is 4.40 Å². The van der Waals surface area contributed by atoms with E-state index < -0.39 is 0 Å². The molecule has 1 saturated heterocycles. The summed E-state index contributed by atoms with van der Waals surface area (Å²) >= 11 is 1.67. The summed E-state index contributed by atoms with van der Waals surface area (Å²) in [6, 6.07) is 0.650. The van der Waals surface area contributed by atoms with Gasteiger partial charge in [-0.25, -0.2) is 4.98 Å². The van der Waals surface area contributed by atoms with Gasteiger partial charge in [-0.05, 0) is 19.8 Å². The monoisotopic (exact) mass is 294 g/mol. The van der Waals surface area contributed by atoms with Gasteiger partial charge >= 0.3 is 0 Å². The standard InChI is InChI=1S/C14H22N4OS/c1-10(15)9-12-13(16-14-18(12)5-8-20-14)17(2)11-3-6-19-7-4-11/h5,8,10-11H,3-4,6-7,9,15H2,1-2H3. The maximum Gasteiger partial charge on any atom is 0.195 e. The number of fused-ring (bicyclic) bond motifs is 1. The Bertz CT molecular complexity index is 571. The number of imidazole rings is 1. The largest absolute Gasteiger partial charge is 0.381 e. The van der Waals surface area contributed by atoms with Crippen LogP contribution in [0.3, 0.4) is 0 Å². The van der Waals surface area contributed by atoms with E-state index in [1.54, 1.807) is 11.3 Å². The Morgan fingerprint density at radius 3 is 3.00 bits per heavy atom. The summed E-state index contributed by atoms with van der Waals surface area (Å²) in [7, 11) is 2.15. The lowest BCUT2D eigenvalue weighted by atomic mass is 10.1. The van der Waals surface area contributed by atoms with E-state index in [1.807, 2.05) is 6.92 Å². The molecule has 2 aromatic heterocycles. The van der Waals surface area contributed by atoms with E-state index in [0.29, 0.717) is 6.04 Å². The number of thiazole rings is 1. The molecule has 1 unspecified atom stereocenters. The Labute approximate surface area is 123 Å². The summed E-state index contributed by atoms with van der Waals surface area (Å²) < 4.78 is 7.63. The van der Waals surface area contributed by atoms with Gasteiger partial charge in [0.15, 0.2) is 10.8 Å². The first-order chi connectivity index (χ1) is 9.66. The van der Waals surface area contributed by atoms with Crippen LogP contribution in [0.15, 0.2) is 11.6 Å². The fourth-order valence-electron chi connectivity index (χ4n) is 2.84. The molecule has 20 heavy (non-hydrogen) atoms. The Balaban J connectivity index is 1.94. The Hall–Kier alpha value is -1.11. The van der Waals surface area contributed by atoms with Crippen LogP contribution in [0.2, 0.25) is 0 Å². The van der Waals surface area contributed by atoms with Crippen LogP contribution in [0.4, 0.5) is 5.82 Å². The van der Waals surface area contributed by atoms with E-state index in [2.05, 4.69) is 27.9 Å². The molecule has 1 atom stereocenters. The molecule has 2 N–H and O–H groups in total. The predicted molar refractivity (Wildman–Crippen MR) is 82.7 cm³/mol. The topological polar surface area (TPSA) is 55.8 Å². The van der Waals surface area contributed by atoms with E-state index in [-0.39, 0.29) is 6.04 Å². The van der Waals surface area contributed by atoms with Crippen molar-refractivity contribution < 1.29 is 4.74 Å². The van der Waals surface area contributed by atoms with Crippen molar-refractivity contribution in [2.75, 3.05) is 25.2 Å². The van der Waals surface area contributed by atoms with Gasteiger partial charge in [0.05, 0.1) is 5.69 Å². The quantitative estimate of drug-likeness (QED) is 0.936. The zero-order valence-electron chi connectivity index (χ0n) is 12.1. The van der Waals surface area contributed by atoms with Gasteiger partial charge in [-0.1, -0.05) is 0 Å². The molecule has 0 bridgehead atoms. The molecular weight excluding hydrogens is 272 g/mol. The summed E-state index contributed by atoms with van der Waals surface area (Å²) in [6.45, 7) is 3.74. The molecule has 0 radical (unpaired) electrons. The van der Waals surface area contributed by atoms with Crippen molar-refractivity contribution in [1.29, 1.82) is 0 Å². The minimum absolute atomic E-state index is 0.136. The van der Waals surface area contributed by atoms with E-state index in [0.717, 1.165) is 43.3 Å². The van der Waals surface area contributed by atoms with E-state index in [9.17, 15) is 0 Å². The molecule has 1 aliphatic heterocycles. The van der Waals surface area contributed by atoms with Gasteiger partial charge in [0.25, 0.3) is 0 Å². The predicted octanol–water partition coefficient (Wildman–Crippen LogP) is 1.90. The van der Waals surface area contributed by atoms with Gasteiger partial charge in [-0.15, -0.1) is 11.3 Å². The van der Waals surface area contributed by atoms with Crippen molar-refractivity contribution in [1.82, 2.24) is 9.38 Å². The van der Waals surface area contributed by atoms with Crippen molar-refractivity contribution >= 4 is 22.1 Å². The molecule has 0 saturated carbocycles. The lowest BCUT2D eigenvalue weighted by Gasteiger charge is -2.32. The second kappa shape index (κ2) is 5.71. The van der Waals surface area contributed by atoms with Crippen molar-refractivity contribution in [2.45, 2.75) is 38.3 Å². The first kappa shape index (κ1) is 13.9. The van der Waals surface area contributed by atoms with Crippen LogP contribution in [0.5, 0.6) is 0 Å². The molecule has 2 aromatic rings. The van der Waals surface area contributed by atoms with Crippen LogP contribution < -0.4 is 10.6 Å². The maximum absolute atomic E-state index is 6.01. The van der Waals surface area contributed by atoms with Crippen molar-refractivity contribution in [3.8, 4) is 0 Å². The highest BCUT2D eigenvalue weighted by atomic mass is 32.1. The molecule has 1 aliphatic rings. The summed E-state index contributed by atoms with van der Waals surface area (Å²) in [5.74, 6) is 1.08. The third-order valence-corrected chi connectivity index (χ3v) is 4.68. The SMILES string of the molecule is CC(N)Cc1c(N(C)C2CCOCC2)nc2sccn12. The molecule has 1 fully saturated rings. The number of aromatic nitrogens is 2. The van der Waals surface area contributed by atoms with Gasteiger partial charge in [0.1, 0.15) is 0 Å². The number of anilines is 1. The number of ether oxygens (including phenoxy) is 1. The number of nitrogens with two attached hydrogens (primary N) is 1. The van der Waals surface area contributed by atoms with Crippen molar-refractivity contribution in [3.05, 3.63) is 17.3 Å². The molecule has 0 amide bonds. The van der Waals surface area contributed by atoms with Crippen LogP contribution in [0, 0.1) is 0 Å². The molecule has 0 aliphatic carbocycles. The second-order valence-electron chi connectivity index (χ2n) is 5.57. The maximum atomic E-state index is 6.01. The van der Waals surface area contributed by atoms with Crippen molar-refractivity contribution in [2.24, 2.45) is 5.73 Å². The highest BCUT2D eigenvalue weighted by molar-refractivity contribution is 7.15. The van der Waals surface area contributed by atoms with E-state index in [4.69, 9.17) is 15.5 Å². The number of hydrogen-bond acceptors (Lipinski definition) is 5. The van der Waals surface area contributed by atoms with Crippen LogP contribution in [-0.2, 0) is 11.2 Å². The highest BCUT2D eigenvalue weighted by Crippen LogP contribution is 2.28. The normalized spacial score (nSPS) is 18.6. The van der Waals surface area contributed by atoms with Crippen LogP contribution >= 0.6 is 11.3 Å². The van der Waals surface area contributed by atoms with Gasteiger partial charge in [-0.2, -0.15) is 0 Å². The molecule has 0 spiro atoms. The number of nitrogens with zero attached hydrogens (tertiary/aromatic N) is 3. The fourth-order valence-corrected chi connectivity index (χ4v) is 3.57. The molecule has 110 valence electrons.